The number of hydrogen-bond acceptors (Lipinski definition) is 4. The van der Waals surface area contributed by atoms with E-state index < -0.39 is 17.3 Å². The van der Waals surface area contributed by atoms with Crippen LogP contribution in [0.1, 0.15) is 72.4 Å². The molecule has 2 aromatic carbocycles. The number of rotatable bonds is 9. The fourth-order valence-electron chi connectivity index (χ4n) is 3.70. The number of hydrogen-bond donors (Lipinski definition) is 1. The minimum atomic E-state index is -0.583. The summed E-state index contributed by atoms with van der Waals surface area (Å²) in [6.45, 7) is 13.7. The van der Waals surface area contributed by atoms with E-state index in [2.05, 4.69) is 17.4 Å². The van der Waals surface area contributed by atoms with Crippen LogP contribution >= 0.6 is 0 Å². The Kier molecular flexibility index (Phi) is 10.2. The van der Waals surface area contributed by atoms with Crippen molar-refractivity contribution in [3.05, 3.63) is 71.8 Å². The second kappa shape index (κ2) is 12.6. The van der Waals surface area contributed by atoms with E-state index in [1.54, 1.807) is 4.90 Å². The highest BCUT2D eigenvalue weighted by Gasteiger charge is 2.27. The molecule has 2 aromatic rings. The van der Waals surface area contributed by atoms with Crippen molar-refractivity contribution in [2.75, 3.05) is 0 Å². The molecule has 0 spiro atoms. The molecule has 0 unspecified atom stereocenters. The monoisotopic (exact) mass is 482 g/mol. The van der Waals surface area contributed by atoms with E-state index in [1.807, 2.05) is 97.0 Å². The molecule has 2 amide bonds. The van der Waals surface area contributed by atoms with Crippen molar-refractivity contribution in [2.24, 2.45) is 0 Å². The molecule has 1 N–H and O–H groups in total. The zero-order valence-corrected chi connectivity index (χ0v) is 22.3. The third-order valence-electron chi connectivity index (χ3n) is 5.33. The van der Waals surface area contributed by atoms with Crippen LogP contribution in [0.4, 0.5) is 9.59 Å². The fourth-order valence-corrected chi connectivity index (χ4v) is 3.70. The lowest BCUT2D eigenvalue weighted by atomic mass is 9.99. The highest BCUT2D eigenvalue weighted by Crippen LogP contribution is 2.19. The van der Waals surface area contributed by atoms with Gasteiger partial charge in [0.25, 0.3) is 0 Å². The van der Waals surface area contributed by atoms with Crippen molar-refractivity contribution in [1.29, 1.82) is 0 Å². The summed E-state index contributed by atoms with van der Waals surface area (Å²) in [6.07, 6.45) is 1.29. The van der Waals surface area contributed by atoms with Gasteiger partial charge in [0, 0.05) is 18.6 Å². The lowest BCUT2D eigenvalue weighted by Gasteiger charge is -2.33. The zero-order valence-electron chi connectivity index (χ0n) is 22.3. The van der Waals surface area contributed by atoms with Crippen LogP contribution in [0.25, 0.3) is 0 Å². The molecule has 0 fully saturated rings. The van der Waals surface area contributed by atoms with Gasteiger partial charge in [0.2, 0.25) is 0 Å². The smallest absolute Gasteiger partial charge is 0.410 e. The number of amides is 2. The molecule has 0 saturated heterocycles. The summed E-state index contributed by atoms with van der Waals surface area (Å²) < 4.78 is 11.2. The third kappa shape index (κ3) is 11.3. The Morgan fingerprint density at radius 1 is 0.800 bits per heavy atom. The second-order valence-corrected chi connectivity index (χ2v) is 11.1. The van der Waals surface area contributed by atoms with Crippen molar-refractivity contribution in [1.82, 2.24) is 10.2 Å². The minimum Gasteiger partial charge on any atom is -0.444 e. The molecule has 0 saturated carbocycles. The summed E-state index contributed by atoms with van der Waals surface area (Å²) in [7, 11) is 0. The predicted octanol–water partition coefficient (Wildman–Crippen LogP) is 6.73. The Balaban J connectivity index is 2.14. The van der Waals surface area contributed by atoms with Crippen LogP contribution < -0.4 is 5.32 Å². The van der Waals surface area contributed by atoms with E-state index in [1.165, 1.54) is 0 Å². The van der Waals surface area contributed by atoms with Gasteiger partial charge in [-0.25, -0.2) is 9.59 Å². The number of alkyl carbamates (subject to hydrolysis) is 1. The number of nitrogens with one attached hydrogen (secondary N) is 1. The molecule has 6 nitrogen and oxygen atoms in total. The molecule has 192 valence electrons. The maximum Gasteiger partial charge on any atom is 0.410 e. The van der Waals surface area contributed by atoms with Crippen molar-refractivity contribution in [3.63, 3.8) is 0 Å². The van der Waals surface area contributed by atoms with Crippen LogP contribution in [-0.4, -0.2) is 40.4 Å². The number of ether oxygens (including phenoxy) is 2. The molecule has 0 aliphatic carbocycles. The second-order valence-electron chi connectivity index (χ2n) is 11.1. The summed E-state index contributed by atoms with van der Waals surface area (Å²) >= 11 is 0. The molecule has 0 aliphatic rings. The molecule has 6 heteroatoms. The van der Waals surface area contributed by atoms with Gasteiger partial charge in [-0.15, -0.1) is 0 Å². The fraction of sp³-hybridized carbons (Fsp3) is 0.517. The standard InChI is InChI=1S/C29H42N2O4/c1-22(31(27(33)35-29(5,6)7)21-24-16-12-9-13-17-24)18-19-25(20-23-14-10-8-11-15-23)30-26(32)34-28(2,3)4/h8-17,22,25H,18-21H2,1-7H3,(H,30,32)/t22-,25+/m0/s1. The van der Waals surface area contributed by atoms with Gasteiger partial charge in [0.1, 0.15) is 11.2 Å². The van der Waals surface area contributed by atoms with E-state index in [4.69, 9.17) is 9.47 Å². The average molecular weight is 483 g/mol. The van der Waals surface area contributed by atoms with Gasteiger partial charge in [-0.1, -0.05) is 60.7 Å². The van der Waals surface area contributed by atoms with E-state index in [-0.39, 0.29) is 18.2 Å². The summed E-state index contributed by atoms with van der Waals surface area (Å²) in [6, 6.07) is 19.7. The van der Waals surface area contributed by atoms with Gasteiger partial charge in [-0.05, 0) is 78.9 Å². The maximum atomic E-state index is 13.1. The summed E-state index contributed by atoms with van der Waals surface area (Å²) in [5.41, 5.74) is 1.02. The van der Waals surface area contributed by atoms with Crippen molar-refractivity contribution < 1.29 is 19.1 Å². The first-order chi connectivity index (χ1) is 16.3. The van der Waals surface area contributed by atoms with Crippen molar-refractivity contribution in [3.8, 4) is 0 Å². The van der Waals surface area contributed by atoms with Gasteiger partial charge in [-0.3, -0.25) is 0 Å². The number of carbonyl (C=O) groups is 2. The molecular weight excluding hydrogens is 440 g/mol. The summed E-state index contributed by atoms with van der Waals surface area (Å²) in [4.78, 5) is 27.4. The van der Waals surface area contributed by atoms with E-state index in [0.29, 0.717) is 25.8 Å². The van der Waals surface area contributed by atoms with Gasteiger partial charge < -0.3 is 19.7 Å². The molecule has 0 aliphatic heterocycles. The van der Waals surface area contributed by atoms with Gasteiger partial charge in [0.15, 0.2) is 0 Å². The minimum absolute atomic E-state index is 0.0937. The molecule has 0 radical (unpaired) electrons. The predicted molar refractivity (Wildman–Crippen MR) is 140 cm³/mol. The number of carbonyl (C=O) groups excluding carboxylic acids is 2. The lowest BCUT2D eigenvalue weighted by molar-refractivity contribution is 0.0140. The van der Waals surface area contributed by atoms with Crippen LogP contribution in [0.15, 0.2) is 60.7 Å². The summed E-state index contributed by atoms with van der Waals surface area (Å²) in [5, 5.41) is 3.04. The van der Waals surface area contributed by atoms with E-state index >= 15 is 0 Å². The van der Waals surface area contributed by atoms with Crippen LogP contribution in [0.2, 0.25) is 0 Å². The molecule has 0 heterocycles. The quantitative estimate of drug-likeness (QED) is 0.430. The number of nitrogens with zero attached hydrogens (tertiary/aromatic N) is 1. The number of benzene rings is 2. The van der Waals surface area contributed by atoms with Gasteiger partial charge in [0.05, 0.1) is 0 Å². The SMILES string of the molecule is C[C@@H](CC[C@H](Cc1ccccc1)NC(=O)OC(C)(C)C)N(Cc1ccccc1)C(=O)OC(C)(C)C. The molecule has 2 atom stereocenters. The zero-order chi connectivity index (χ0) is 26.1. The van der Waals surface area contributed by atoms with E-state index in [9.17, 15) is 9.59 Å². The Hall–Kier alpha value is -3.02. The first-order valence-corrected chi connectivity index (χ1v) is 12.4. The topological polar surface area (TPSA) is 67.9 Å². The largest absolute Gasteiger partial charge is 0.444 e. The van der Waals surface area contributed by atoms with Crippen molar-refractivity contribution >= 4 is 12.2 Å². The van der Waals surface area contributed by atoms with Crippen LogP contribution in [-0.2, 0) is 22.4 Å². The van der Waals surface area contributed by atoms with Crippen molar-refractivity contribution in [2.45, 2.75) is 97.6 Å². The molecule has 2 rings (SSSR count). The van der Waals surface area contributed by atoms with Crippen LogP contribution in [0, 0.1) is 0 Å². The Bertz CT molecular complexity index is 917. The molecule has 0 bridgehead atoms. The maximum absolute atomic E-state index is 13.1. The Labute approximate surface area is 211 Å². The highest BCUT2D eigenvalue weighted by atomic mass is 16.6. The lowest BCUT2D eigenvalue weighted by Crippen LogP contribution is -2.44. The molecular formula is C29H42N2O4. The summed E-state index contributed by atoms with van der Waals surface area (Å²) in [5.74, 6) is 0. The Morgan fingerprint density at radius 2 is 1.31 bits per heavy atom. The molecule has 35 heavy (non-hydrogen) atoms. The van der Waals surface area contributed by atoms with Crippen LogP contribution in [0.3, 0.4) is 0 Å². The highest BCUT2D eigenvalue weighted by molar-refractivity contribution is 5.69. The van der Waals surface area contributed by atoms with E-state index in [0.717, 1.165) is 11.1 Å². The van der Waals surface area contributed by atoms with Gasteiger partial charge >= 0.3 is 12.2 Å². The molecule has 0 aromatic heterocycles. The normalized spacial score (nSPS) is 13.5. The Morgan fingerprint density at radius 3 is 1.83 bits per heavy atom. The first-order valence-electron chi connectivity index (χ1n) is 12.4. The average Bonchev–Trinajstić information content (AvgIpc) is 2.74. The third-order valence-corrected chi connectivity index (χ3v) is 5.33. The van der Waals surface area contributed by atoms with Crippen LogP contribution in [0.5, 0.6) is 0 Å². The van der Waals surface area contributed by atoms with Gasteiger partial charge in [-0.2, -0.15) is 0 Å². The first kappa shape index (κ1) is 28.2.